The van der Waals surface area contributed by atoms with Crippen LogP contribution in [0.4, 0.5) is 0 Å². The minimum Gasteiger partial charge on any atom is -0.375 e. The van der Waals surface area contributed by atoms with E-state index in [4.69, 9.17) is 10.5 Å². The van der Waals surface area contributed by atoms with Crippen molar-refractivity contribution in [2.45, 2.75) is 25.5 Å². The van der Waals surface area contributed by atoms with Crippen LogP contribution in [0.5, 0.6) is 0 Å². The molecule has 0 bridgehead atoms. The van der Waals surface area contributed by atoms with Crippen molar-refractivity contribution >= 4 is 0 Å². The van der Waals surface area contributed by atoms with Gasteiger partial charge in [-0.1, -0.05) is 36.4 Å². The van der Waals surface area contributed by atoms with Crippen molar-refractivity contribution in [2.24, 2.45) is 5.73 Å². The average molecular weight is 205 g/mol. The molecule has 2 nitrogen and oxygen atoms in total. The van der Waals surface area contributed by atoms with Crippen LogP contribution in [0.3, 0.4) is 0 Å². The van der Waals surface area contributed by atoms with Crippen LogP contribution in [0.1, 0.15) is 18.4 Å². The second kappa shape index (κ2) is 7.21. The molecule has 0 saturated heterocycles. The molecule has 0 radical (unpaired) electrons. The standard InChI is InChI=1S/C13H19NO/c1-2-3-9-13(14)11-15-10-12-7-5-4-6-8-12/h2,4-8,13H,1,3,9-11,14H2/t13-/m0/s1. The van der Waals surface area contributed by atoms with E-state index in [-0.39, 0.29) is 6.04 Å². The third kappa shape index (κ3) is 5.35. The van der Waals surface area contributed by atoms with E-state index in [1.165, 1.54) is 5.56 Å². The normalized spacial score (nSPS) is 12.3. The van der Waals surface area contributed by atoms with Gasteiger partial charge in [0.15, 0.2) is 0 Å². The number of hydrogen-bond donors (Lipinski definition) is 1. The molecular weight excluding hydrogens is 186 g/mol. The minimum absolute atomic E-state index is 0.117. The monoisotopic (exact) mass is 205 g/mol. The molecule has 1 aromatic rings. The number of allylic oxidation sites excluding steroid dienone is 1. The van der Waals surface area contributed by atoms with Gasteiger partial charge in [-0.2, -0.15) is 0 Å². The predicted octanol–water partition coefficient (Wildman–Crippen LogP) is 2.50. The highest BCUT2D eigenvalue weighted by atomic mass is 16.5. The molecule has 15 heavy (non-hydrogen) atoms. The largest absolute Gasteiger partial charge is 0.375 e. The van der Waals surface area contributed by atoms with Crippen LogP contribution < -0.4 is 5.73 Å². The first kappa shape index (κ1) is 12.0. The lowest BCUT2D eigenvalue weighted by Gasteiger charge is -2.10. The second-order valence-electron chi connectivity index (χ2n) is 3.63. The summed E-state index contributed by atoms with van der Waals surface area (Å²) in [6.07, 6.45) is 3.78. The first-order valence-electron chi connectivity index (χ1n) is 5.31. The Balaban J connectivity index is 2.13. The Bertz CT molecular complexity index is 271. The smallest absolute Gasteiger partial charge is 0.0717 e. The third-order valence-corrected chi connectivity index (χ3v) is 2.19. The summed E-state index contributed by atoms with van der Waals surface area (Å²) in [6, 6.07) is 10.2. The lowest BCUT2D eigenvalue weighted by Crippen LogP contribution is -2.25. The summed E-state index contributed by atoms with van der Waals surface area (Å²) in [7, 11) is 0. The first-order chi connectivity index (χ1) is 7.33. The summed E-state index contributed by atoms with van der Waals surface area (Å²) in [5.74, 6) is 0. The fraction of sp³-hybridized carbons (Fsp3) is 0.385. The highest BCUT2D eigenvalue weighted by molar-refractivity contribution is 5.13. The van der Waals surface area contributed by atoms with E-state index in [1.807, 2.05) is 24.3 Å². The van der Waals surface area contributed by atoms with Gasteiger partial charge in [-0.3, -0.25) is 0 Å². The van der Waals surface area contributed by atoms with Gasteiger partial charge in [-0.25, -0.2) is 0 Å². The van der Waals surface area contributed by atoms with Crippen molar-refractivity contribution in [3.8, 4) is 0 Å². The summed E-state index contributed by atoms with van der Waals surface area (Å²) in [6.45, 7) is 4.92. The van der Waals surface area contributed by atoms with Gasteiger partial charge in [-0.05, 0) is 18.4 Å². The summed E-state index contributed by atoms with van der Waals surface area (Å²) >= 11 is 0. The topological polar surface area (TPSA) is 35.2 Å². The summed E-state index contributed by atoms with van der Waals surface area (Å²) in [5.41, 5.74) is 7.04. The van der Waals surface area contributed by atoms with Crippen molar-refractivity contribution < 1.29 is 4.74 Å². The van der Waals surface area contributed by atoms with Crippen molar-refractivity contribution in [1.29, 1.82) is 0 Å². The molecule has 1 aromatic carbocycles. The van der Waals surface area contributed by atoms with Gasteiger partial charge in [-0.15, -0.1) is 6.58 Å². The molecule has 0 aromatic heterocycles. The van der Waals surface area contributed by atoms with Crippen LogP contribution in [-0.2, 0) is 11.3 Å². The SMILES string of the molecule is C=CCC[C@H](N)COCc1ccccc1. The lowest BCUT2D eigenvalue weighted by molar-refractivity contribution is 0.106. The molecule has 0 aliphatic heterocycles. The molecule has 0 unspecified atom stereocenters. The van der Waals surface area contributed by atoms with E-state index < -0.39 is 0 Å². The van der Waals surface area contributed by atoms with Gasteiger partial charge in [0, 0.05) is 6.04 Å². The van der Waals surface area contributed by atoms with Crippen molar-refractivity contribution in [3.63, 3.8) is 0 Å². The van der Waals surface area contributed by atoms with Crippen molar-refractivity contribution in [3.05, 3.63) is 48.6 Å². The Morgan fingerprint density at radius 3 is 2.73 bits per heavy atom. The predicted molar refractivity (Wildman–Crippen MR) is 63.5 cm³/mol. The maximum absolute atomic E-state index is 5.85. The summed E-state index contributed by atoms with van der Waals surface area (Å²) in [4.78, 5) is 0. The molecule has 2 heteroatoms. The maximum atomic E-state index is 5.85. The zero-order valence-corrected chi connectivity index (χ0v) is 9.06. The molecule has 0 saturated carbocycles. The van der Waals surface area contributed by atoms with Crippen LogP contribution in [0.2, 0.25) is 0 Å². The molecule has 0 amide bonds. The van der Waals surface area contributed by atoms with E-state index in [9.17, 15) is 0 Å². The van der Waals surface area contributed by atoms with Crippen LogP contribution in [0.15, 0.2) is 43.0 Å². The van der Waals surface area contributed by atoms with Crippen molar-refractivity contribution in [1.82, 2.24) is 0 Å². The molecule has 1 atom stereocenters. The fourth-order valence-corrected chi connectivity index (χ4v) is 1.32. The van der Waals surface area contributed by atoms with Gasteiger partial charge >= 0.3 is 0 Å². The molecule has 82 valence electrons. The lowest BCUT2D eigenvalue weighted by atomic mass is 10.2. The average Bonchev–Trinajstić information content (AvgIpc) is 2.28. The quantitative estimate of drug-likeness (QED) is 0.694. The molecule has 0 aliphatic carbocycles. The molecule has 1 rings (SSSR count). The van der Waals surface area contributed by atoms with E-state index in [0.29, 0.717) is 13.2 Å². The van der Waals surface area contributed by atoms with Gasteiger partial charge in [0.1, 0.15) is 0 Å². The van der Waals surface area contributed by atoms with Crippen LogP contribution in [-0.4, -0.2) is 12.6 Å². The molecule has 0 spiro atoms. The van der Waals surface area contributed by atoms with E-state index in [0.717, 1.165) is 12.8 Å². The van der Waals surface area contributed by atoms with E-state index >= 15 is 0 Å². The number of hydrogen-bond acceptors (Lipinski definition) is 2. The molecule has 0 heterocycles. The van der Waals surface area contributed by atoms with Crippen LogP contribution >= 0.6 is 0 Å². The van der Waals surface area contributed by atoms with E-state index in [2.05, 4.69) is 18.7 Å². The molecule has 0 fully saturated rings. The first-order valence-corrected chi connectivity index (χ1v) is 5.31. The minimum atomic E-state index is 0.117. The molecule has 0 aliphatic rings. The Labute approximate surface area is 91.7 Å². The summed E-state index contributed by atoms with van der Waals surface area (Å²) < 4.78 is 5.52. The fourth-order valence-electron chi connectivity index (χ4n) is 1.32. The number of nitrogens with two attached hydrogens (primary N) is 1. The number of ether oxygens (including phenoxy) is 1. The van der Waals surface area contributed by atoms with Crippen molar-refractivity contribution in [2.75, 3.05) is 6.61 Å². The molecular formula is C13H19NO. The van der Waals surface area contributed by atoms with E-state index in [1.54, 1.807) is 0 Å². The van der Waals surface area contributed by atoms with Crippen LogP contribution in [0, 0.1) is 0 Å². The summed E-state index contributed by atoms with van der Waals surface area (Å²) in [5, 5.41) is 0. The Morgan fingerprint density at radius 1 is 1.33 bits per heavy atom. The zero-order valence-electron chi connectivity index (χ0n) is 9.06. The van der Waals surface area contributed by atoms with Gasteiger partial charge in [0.25, 0.3) is 0 Å². The van der Waals surface area contributed by atoms with Gasteiger partial charge in [0.05, 0.1) is 13.2 Å². The van der Waals surface area contributed by atoms with Gasteiger partial charge < -0.3 is 10.5 Å². The second-order valence-corrected chi connectivity index (χ2v) is 3.63. The van der Waals surface area contributed by atoms with Gasteiger partial charge in [0.2, 0.25) is 0 Å². The zero-order chi connectivity index (χ0) is 10.9. The maximum Gasteiger partial charge on any atom is 0.0717 e. The Morgan fingerprint density at radius 2 is 2.07 bits per heavy atom. The number of rotatable bonds is 7. The molecule has 2 N–H and O–H groups in total. The van der Waals surface area contributed by atoms with Crippen LogP contribution in [0.25, 0.3) is 0 Å². The Kier molecular flexibility index (Phi) is 5.74. The highest BCUT2D eigenvalue weighted by Crippen LogP contribution is 2.02. The third-order valence-electron chi connectivity index (χ3n) is 2.19. The Hall–Kier alpha value is -1.12. The highest BCUT2D eigenvalue weighted by Gasteiger charge is 2.01. The number of benzene rings is 1.